The monoisotopic (exact) mass is 338 g/mol. The van der Waals surface area contributed by atoms with Gasteiger partial charge in [0.15, 0.2) is 0 Å². The summed E-state index contributed by atoms with van der Waals surface area (Å²) in [4.78, 5) is 11.3. The summed E-state index contributed by atoms with van der Waals surface area (Å²) < 4.78 is 35.6. The van der Waals surface area contributed by atoms with E-state index >= 15 is 0 Å². The van der Waals surface area contributed by atoms with Gasteiger partial charge in [0.05, 0.1) is 12.7 Å². The van der Waals surface area contributed by atoms with Gasteiger partial charge in [-0.1, -0.05) is 0 Å². The van der Waals surface area contributed by atoms with Crippen molar-refractivity contribution in [3.63, 3.8) is 0 Å². The van der Waals surface area contributed by atoms with Crippen LogP contribution in [0.3, 0.4) is 0 Å². The van der Waals surface area contributed by atoms with Crippen molar-refractivity contribution in [1.29, 1.82) is 0 Å². The lowest BCUT2D eigenvalue weighted by Gasteiger charge is -2.30. The fourth-order valence-electron chi connectivity index (χ4n) is 2.19. The average Bonchev–Trinajstić information content (AvgIpc) is 2.97. The lowest BCUT2D eigenvalue weighted by molar-refractivity contribution is 0.0600. The summed E-state index contributed by atoms with van der Waals surface area (Å²) in [6, 6.07) is 1.54. The normalized spacial score (nSPS) is 17.2. The van der Waals surface area contributed by atoms with Gasteiger partial charge in [0.25, 0.3) is 10.0 Å². The number of piperidine rings is 1. The Labute approximate surface area is 130 Å². The molecule has 120 valence electrons. The molecule has 2 heterocycles. The first-order chi connectivity index (χ1) is 9.48. The number of methoxy groups -OCH3 is 1. The standard InChI is InChI=1S/C12H18N2O5S.ClH/c1-13-10-3-5-14(6-4-10)20(16,17)11-7-9(8-19-11)12(15)18-2;/h7-8,10,13H,3-6H2,1-2H3;1H. The van der Waals surface area contributed by atoms with Crippen LogP contribution in [0.4, 0.5) is 0 Å². The molecule has 21 heavy (non-hydrogen) atoms. The molecule has 0 aliphatic carbocycles. The summed E-state index contributed by atoms with van der Waals surface area (Å²) >= 11 is 0. The van der Waals surface area contributed by atoms with Crippen molar-refractivity contribution in [2.75, 3.05) is 27.2 Å². The van der Waals surface area contributed by atoms with Gasteiger partial charge in [-0.25, -0.2) is 13.2 Å². The highest BCUT2D eigenvalue weighted by Crippen LogP contribution is 2.22. The Kier molecular flexibility index (Phi) is 6.21. The van der Waals surface area contributed by atoms with Crippen LogP contribution in [0.1, 0.15) is 23.2 Å². The van der Waals surface area contributed by atoms with E-state index in [4.69, 9.17) is 4.42 Å². The van der Waals surface area contributed by atoms with Gasteiger partial charge in [-0.05, 0) is 19.9 Å². The Morgan fingerprint density at radius 1 is 1.43 bits per heavy atom. The van der Waals surface area contributed by atoms with E-state index in [0.717, 1.165) is 19.1 Å². The van der Waals surface area contributed by atoms with E-state index < -0.39 is 16.0 Å². The smallest absolute Gasteiger partial charge is 0.341 e. The molecule has 0 saturated carbocycles. The van der Waals surface area contributed by atoms with Crippen LogP contribution in [0.2, 0.25) is 0 Å². The van der Waals surface area contributed by atoms with Crippen LogP contribution in [-0.2, 0) is 14.8 Å². The van der Waals surface area contributed by atoms with Gasteiger partial charge in [-0.15, -0.1) is 12.4 Å². The number of furan rings is 1. The van der Waals surface area contributed by atoms with Gasteiger partial charge in [0, 0.05) is 25.2 Å². The highest BCUT2D eigenvalue weighted by molar-refractivity contribution is 7.89. The average molecular weight is 339 g/mol. The van der Waals surface area contributed by atoms with Crippen molar-refractivity contribution in [3.8, 4) is 0 Å². The zero-order valence-corrected chi connectivity index (χ0v) is 13.5. The Balaban J connectivity index is 0.00000220. The first-order valence-corrected chi connectivity index (χ1v) is 7.77. The van der Waals surface area contributed by atoms with E-state index in [1.807, 2.05) is 7.05 Å². The van der Waals surface area contributed by atoms with E-state index in [-0.39, 0.29) is 23.1 Å². The predicted octanol–water partition coefficient (Wildman–Crippen LogP) is 0.861. The third-order valence-electron chi connectivity index (χ3n) is 3.45. The maximum absolute atomic E-state index is 12.4. The topological polar surface area (TPSA) is 88.9 Å². The molecule has 1 saturated heterocycles. The van der Waals surface area contributed by atoms with Gasteiger partial charge >= 0.3 is 5.97 Å². The fourth-order valence-corrected chi connectivity index (χ4v) is 3.58. The van der Waals surface area contributed by atoms with Gasteiger partial charge in [-0.2, -0.15) is 4.31 Å². The predicted molar refractivity (Wildman–Crippen MR) is 78.1 cm³/mol. The number of nitrogens with one attached hydrogen (secondary N) is 1. The number of sulfonamides is 1. The van der Waals surface area contributed by atoms with Crippen LogP contribution < -0.4 is 5.32 Å². The molecule has 9 heteroatoms. The highest BCUT2D eigenvalue weighted by atomic mass is 35.5. The largest absolute Gasteiger partial charge is 0.465 e. The molecule has 7 nitrogen and oxygen atoms in total. The van der Waals surface area contributed by atoms with E-state index in [1.165, 1.54) is 17.5 Å². The summed E-state index contributed by atoms with van der Waals surface area (Å²) in [5.41, 5.74) is 0.0937. The molecule has 1 fully saturated rings. The molecule has 2 rings (SSSR count). The number of esters is 1. The first-order valence-electron chi connectivity index (χ1n) is 6.33. The van der Waals surface area contributed by atoms with Crippen molar-refractivity contribution in [2.45, 2.75) is 24.0 Å². The number of hydrogen-bond acceptors (Lipinski definition) is 6. The highest BCUT2D eigenvalue weighted by Gasteiger charge is 2.31. The molecule has 1 aromatic heterocycles. The van der Waals surface area contributed by atoms with Crippen LogP contribution in [0.15, 0.2) is 21.8 Å². The zero-order chi connectivity index (χ0) is 14.8. The number of hydrogen-bond donors (Lipinski definition) is 1. The zero-order valence-electron chi connectivity index (χ0n) is 11.9. The minimum absolute atomic E-state index is 0. The van der Waals surface area contributed by atoms with E-state index in [9.17, 15) is 13.2 Å². The Bertz CT molecular complexity index is 578. The van der Waals surface area contributed by atoms with Crippen LogP contribution in [0.25, 0.3) is 0 Å². The van der Waals surface area contributed by atoms with Crippen molar-refractivity contribution in [3.05, 3.63) is 17.9 Å². The third kappa shape index (κ3) is 3.76. The number of halogens is 1. The molecule has 0 spiro atoms. The lowest BCUT2D eigenvalue weighted by atomic mass is 10.1. The van der Waals surface area contributed by atoms with Gasteiger partial charge in [-0.3, -0.25) is 0 Å². The van der Waals surface area contributed by atoms with E-state index in [1.54, 1.807) is 0 Å². The summed E-state index contributed by atoms with van der Waals surface area (Å²) in [5.74, 6) is -0.621. The van der Waals surface area contributed by atoms with Gasteiger partial charge in [0.1, 0.15) is 6.26 Å². The van der Waals surface area contributed by atoms with Crippen molar-refractivity contribution >= 4 is 28.4 Å². The Morgan fingerprint density at radius 3 is 2.57 bits per heavy atom. The van der Waals surface area contributed by atoms with E-state index in [0.29, 0.717) is 19.1 Å². The molecular formula is C12H19ClN2O5S. The summed E-state index contributed by atoms with van der Waals surface area (Å²) in [5, 5.41) is 2.91. The number of carbonyl (C=O) groups is 1. The van der Waals surface area contributed by atoms with Crippen molar-refractivity contribution in [2.24, 2.45) is 0 Å². The van der Waals surface area contributed by atoms with Crippen LogP contribution in [-0.4, -0.2) is 52.0 Å². The molecule has 0 radical (unpaired) electrons. The second-order valence-corrected chi connectivity index (χ2v) is 6.48. The molecule has 1 aliphatic rings. The minimum Gasteiger partial charge on any atom is -0.465 e. The van der Waals surface area contributed by atoms with Crippen LogP contribution in [0.5, 0.6) is 0 Å². The van der Waals surface area contributed by atoms with Gasteiger partial charge in [0.2, 0.25) is 5.09 Å². The summed E-state index contributed by atoms with van der Waals surface area (Å²) in [6.07, 6.45) is 2.60. The quantitative estimate of drug-likeness (QED) is 0.819. The maximum Gasteiger partial charge on any atom is 0.341 e. The van der Waals surface area contributed by atoms with Crippen molar-refractivity contribution in [1.82, 2.24) is 9.62 Å². The molecule has 0 amide bonds. The first kappa shape index (κ1) is 18.0. The number of ether oxygens (including phenoxy) is 1. The SMILES string of the molecule is CNC1CCN(S(=O)(=O)c2cc(C(=O)OC)co2)CC1.Cl. The lowest BCUT2D eigenvalue weighted by Crippen LogP contribution is -2.43. The van der Waals surface area contributed by atoms with Gasteiger partial charge < -0.3 is 14.5 Å². The Hall–Kier alpha value is -1.09. The van der Waals surface area contributed by atoms with Crippen LogP contribution in [0, 0.1) is 0 Å². The molecule has 0 aromatic carbocycles. The number of rotatable bonds is 4. The molecule has 0 atom stereocenters. The Morgan fingerprint density at radius 2 is 2.05 bits per heavy atom. The molecule has 0 bridgehead atoms. The molecule has 1 N–H and O–H groups in total. The molecule has 1 aliphatic heterocycles. The number of nitrogens with zero attached hydrogens (tertiary/aromatic N) is 1. The third-order valence-corrected chi connectivity index (χ3v) is 5.22. The fraction of sp³-hybridized carbons (Fsp3) is 0.583. The molecular weight excluding hydrogens is 320 g/mol. The second kappa shape index (κ2) is 7.26. The summed E-state index contributed by atoms with van der Waals surface area (Å²) in [7, 11) is -0.590. The minimum atomic E-state index is -3.68. The van der Waals surface area contributed by atoms with Crippen LogP contribution >= 0.6 is 12.4 Å². The van der Waals surface area contributed by atoms with Crippen molar-refractivity contribution < 1.29 is 22.4 Å². The number of carbonyl (C=O) groups excluding carboxylic acids is 1. The summed E-state index contributed by atoms with van der Waals surface area (Å²) in [6.45, 7) is 0.865. The second-order valence-electron chi connectivity index (χ2n) is 4.61. The maximum atomic E-state index is 12.4. The molecule has 1 aromatic rings. The molecule has 0 unspecified atom stereocenters. The van der Waals surface area contributed by atoms with E-state index in [2.05, 4.69) is 10.1 Å².